The lowest BCUT2D eigenvalue weighted by atomic mass is 10.3. The molecule has 0 aliphatic heterocycles. The minimum atomic E-state index is -0.0152. The van der Waals surface area contributed by atoms with Gasteiger partial charge in [0.1, 0.15) is 5.69 Å². The van der Waals surface area contributed by atoms with Crippen LogP contribution in [-0.2, 0) is 13.5 Å². The van der Waals surface area contributed by atoms with E-state index in [2.05, 4.69) is 30.9 Å². The third-order valence-corrected chi connectivity index (χ3v) is 3.86. The van der Waals surface area contributed by atoms with Crippen LogP contribution in [0.1, 0.15) is 35.1 Å². The van der Waals surface area contributed by atoms with E-state index in [0.717, 1.165) is 35.1 Å². The van der Waals surface area contributed by atoms with Crippen LogP contribution in [0.2, 0.25) is 0 Å². The zero-order chi connectivity index (χ0) is 14.1. The van der Waals surface area contributed by atoms with E-state index in [1.807, 2.05) is 31.6 Å². The van der Waals surface area contributed by atoms with E-state index in [4.69, 9.17) is 0 Å². The Labute approximate surface area is 126 Å². The Morgan fingerprint density at radius 2 is 2.35 bits per heavy atom. The highest BCUT2D eigenvalue weighted by Gasteiger charge is 2.27. The molecule has 5 nitrogen and oxygen atoms in total. The van der Waals surface area contributed by atoms with Crippen molar-refractivity contribution in [2.45, 2.75) is 25.3 Å². The molecule has 2 aromatic rings. The Morgan fingerprint density at radius 3 is 3.00 bits per heavy atom. The summed E-state index contributed by atoms with van der Waals surface area (Å²) in [7, 11) is 1.89. The van der Waals surface area contributed by atoms with Crippen molar-refractivity contribution in [1.29, 1.82) is 0 Å². The van der Waals surface area contributed by atoms with Crippen LogP contribution in [0.15, 0.2) is 29.0 Å². The molecule has 20 heavy (non-hydrogen) atoms. The highest BCUT2D eigenvalue weighted by Crippen LogP contribution is 2.37. The Kier molecular flexibility index (Phi) is 3.65. The molecule has 0 aromatic carbocycles. The van der Waals surface area contributed by atoms with E-state index in [1.165, 1.54) is 0 Å². The number of hydrogen-bond acceptors (Lipinski definition) is 2. The summed E-state index contributed by atoms with van der Waals surface area (Å²) < 4.78 is 4.80. The molecule has 3 rings (SSSR count). The fourth-order valence-electron chi connectivity index (χ4n) is 2.27. The lowest BCUT2D eigenvalue weighted by molar-refractivity contribution is 0.0944. The van der Waals surface area contributed by atoms with Crippen LogP contribution >= 0.6 is 15.9 Å². The Morgan fingerprint density at radius 1 is 1.55 bits per heavy atom. The first-order chi connectivity index (χ1) is 9.63. The zero-order valence-corrected chi connectivity index (χ0v) is 12.9. The summed E-state index contributed by atoms with van der Waals surface area (Å²) in [5.41, 5.74) is 1.73. The molecule has 1 aliphatic carbocycles. The van der Waals surface area contributed by atoms with E-state index < -0.39 is 0 Å². The molecule has 1 N–H and O–H groups in total. The number of halogens is 1. The average molecular weight is 337 g/mol. The molecule has 0 radical (unpaired) electrons. The summed E-state index contributed by atoms with van der Waals surface area (Å²) in [6.07, 6.45) is 6.97. The molecule has 2 heterocycles. The second-order valence-electron chi connectivity index (χ2n) is 5.17. The van der Waals surface area contributed by atoms with Gasteiger partial charge in [-0.15, -0.1) is 0 Å². The van der Waals surface area contributed by atoms with Gasteiger partial charge in [-0.05, 0) is 40.9 Å². The minimum absolute atomic E-state index is 0.0152. The molecule has 0 unspecified atom stereocenters. The number of amides is 1. The second kappa shape index (κ2) is 5.44. The number of nitrogens with one attached hydrogen (secondary N) is 1. The maximum atomic E-state index is 12.2. The summed E-state index contributed by atoms with van der Waals surface area (Å²) in [4.78, 5) is 12.2. The average Bonchev–Trinajstić information content (AvgIpc) is 3.06. The van der Waals surface area contributed by atoms with Crippen molar-refractivity contribution in [3.63, 3.8) is 0 Å². The quantitative estimate of drug-likeness (QED) is 0.910. The van der Waals surface area contributed by atoms with Gasteiger partial charge in [-0.1, -0.05) is 0 Å². The van der Waals surface area contributed by atoms with Gasteiger partial charge in [0.2, 0.25) is 0 Å². The highest BCUT2D eigenvalue weighted by molar-refractivity contribution is 9.10. The molecule has 2 aromatic heterocycles. The standard InChI is InChI=1S/C14H17BrN4O/c1-18-7-5-11(17-18)4-6-16-14(20)13-8-10(15)9-19(13)12-2-3-12/h5,7-9,12H,2-4,6H2,1H3,(H,16,20). The monoisotopic (exact) mass is 336 g/mol. The van der Waals surface area contributed by atoms with Crippen molar-refractivity contribution in [1.82, 2.24) is 19.7 Å². The van der Waals surface area contributed by atoms with Crippen LogP contribution in [0.4, 0.5) is 0 Å². The SMILES string of the molecule is Cn1ccc(CCNC(=O)c2cc(Br)cn2C2CC2)n1. The molecule has 0 atom stereocenters. The van der Waals surface area contributed by atoms with Crippen molar-refractivity contribution < 1.29 is 4.79 Å². The maximum Gasteiger partial charge on any atom is 0.267 e. The van der Waals surface area contributed by atoms with E-state index in [-0.39, 0.29) is 5.91 Å². The lowest BCUT2D eigenvalue weighted by Gasteiger charge is -2.08. The first-order valence-corrected chi connectivity index (χ1v) is 7.57. The van der Waals surface area contributed by atoms with Crippen LogP contribution in [-0.4, -0.2) is 26.8 Å². The normalized spacial score (nSPS) is 14.5. The number of carbonyl (C=O) groups is 1. The van der Waals surface area contributed by atoms with Crippen molar-refractivity contribution in [3.8, 4) is 0 Å². The second-order valence-corrected chi connectivity index (χ2v) is 6.08. The van der Waals surface area contributed by atoms with E-state index in [1.54, 1.807) is 4.68 Å². The topological polar surface area (TPSA) is 51.9 Å². The van der Waals surface area contributed by atoms with Crippen LogP contribution in [0.25, 0.3) is 0 Å². The van der Waals surface area contributed by atoms with Gasteiger partial charge in [-0.2, -0.15) is 5.10 Å². The number of aromatic nitrogens is 3. The molecular formula is C14H17BrN4O. The molecule has 0 spiro atoms. The molecule has 1 amide bonds. The Bertz CT molecular complexity index is 627. The summed E-state index contributed by atoms with van der Waals surface area (Å²) >= 11 is 3.44. The summed E-state index contributed by atoms with van der Waals surface area (Å²) in [6.45, 7) is 0.601. The fourth-order valence-corrected chi connectivity index (χ4v) is 2.71. The number of carbonyl (C=O) groups excluding carboxylic acids is 1. The zero-order valence-electron chi connectivity index (χ0n) is 11.3. The van der Waals surface area contributed by atoms with E-state index >= 15 is 0 Å². The highest BCUT2D eigenvalue weighted by atomic mass is 79.9. The molecule has 106 valence electrons. The maximum absolute atomic E-state index is 12.2. The van der Waals surface area contributed by atoms with Crippen LogP contribution in [0.5, 0.6) is 0 Å². The van der Waals surface area contributed by atoms with Gasteiger partial charge >= 0.3 is 0 Å². The van der Waals surface area contributed by atoms with Gasteiger partial charge in [-0.25, -0.2) is 0 Å². The third-order valence-electron chi connectivity index (χ3n) is 3.42. The van der Waals surface area contributed by atoms with E-state index in [9.17, 15) is 4.79 Å². The van der Waals surface area contributed by atoms with Gasteiger partial charge < -0.3 is 9.88 Å². The van der Waals surface area contributed by atoms with Crippen LogP contribution < -0.4 is 5.32 Å². The van der Waals surface area contributed by atoms with Crippen LogP contribution in [0, 0.1) is 0 Å². The van der Waals surface area contributed by atoms with Gasteiger partial charge in [-0.3, -0.25) is 9.48 Å². The van der Waals surface area contributed by atoms with Crippen molar-refractivity contribution in [2.75, 3.05) is 6.54 Å². The molecule has 6 heteroatoms. The fraction of sp³-hybridized carbons (Fsp3) is 0.429. The molecular weight excluding hydrogens is 320 g/mol. The number of rotatable bonds is 5. The first-order valence-electron chi connectivity index (χ1n) is 6.77. The predicted molar refractivity (Wildman–Crippen MR) is 79.6 cm³/mol. The lowest BCUT2D eigenvalue weighted by Crippen LogP contribution is -2.27. The van der Waals surface area contributed by atoms with Gasteiger partial charge in [0.15, 0.2) is 0 Å². The minimum Gasteiger partial charge on any atom is -0.350 e. The van der Waals surface area contributed by atoms with Gasteiger partial charge in [0.05, 0.1) is 5.69 Å². The first kappa shape index (κ1) is 13.4. The molecule has 1 aliphatic rings. The molecule has 1 fully saturated rings. The summed E-state index contributed by atoms with van der Waals surface area (Å²) in [5, 5.41) is 7.26. The Hall–Kier alpha value is -1.56. The van der Waals surface area contributed by atoms with Crippen molar-refractivity contribution in [3.05, 3.63) is 40.4 Å². The Balaban J connectivity index is 1.59. The molecule has 1 saturated carbocycles. The third kappa shape index (κ3) is 2.95. The van der Waals surface area contributed by atoms with Crippen LogP contribution in [0.3, 0.4) is 0 Å². The predicted octanol–water partition coefficient (Wildman–Crippen LogP) is 2.29. The number of hydrogen-bond donors (Lipinski definition) is 1. The van der Waals surface area contributed by atoms with Crippen molar-refractivity contribution in [2.24, 2.45) is 7.05 Å². The molecule has 0 saturated heterocycles. The largest absolute Gasteiger partial charge is 0.350 e. The van der Waals surface area contributed by atoms with E-state index in [0.29, 0.717) is 12.6 Å². The smallest absolute Gasteiger partial charge is 0.267 e. The number of nitrogens with zero attached hydrogens (tertiary/aromatic N) is 3. The molecule has 0 bridgehead atoms. The summed E-state index contributed by atoms with van der Waals surface area (Å²) in [5.74, 6) is -0.0152. The van der Waals surface area contributed by atoms with Gasteiger partial charge in [0.25, 0.3) is 5.91 Å². The summed E-state index contributed by atoms with van der Waals surface area (Å²) in [6, 6.07) is 4.35. The van der Waals surface area contributed by atoms with Gasteiger partial charge in [0, 0.05) is 42.9 Å². The van der Waals surface area contributed by atoms with Crippen molar-refractivity contribution >= 4 is 21.8 Å². The number of aryl methyl sites for hydroxylation is 1.